The van der Waals surface area contributed by atoms with Gasteiger partial charge in [0, 0.05) is 24.4 Å². The molecule has 2 heterocycles. The number of para-hydroxylation sites is 1. The minimum atomic E-state index is -0.117. The number of hydrogen-bond donors (Lipinski definition) is 0. The first-order chi connectivity index (χ1) is 16.1. The Morgan fingerprint density at radius 2 is 1.91 bits per heavy atom. The fourth-order valence-corrected chi connectivity index (χ4v) is 4.61. The van der Waals surface area contributed by atoms with E-state index in [4.69, 9.17) is 26.8 Å². The van der Waals surface area contributed by atoms with Crippen LogP contribution in [0.1, 0.15) is 5.56 Å². The van der Waals surface area contributed by atoms with Crippen LogP contribution in [0.25, 0.3) is 23.0 Å². The monoisotopic (exact) mass is 477 g/mol. The van der Waals surface area contributed by atoms with Gasteiger partial charge in [-0.25, -0.2) is 4.68 Å². The lowest BCUT2D eigenvalue weighted by atomic mass is 10.1. The highest BCUT2D eigenvalue weighted by molar-refractivity contribution is 8.26. The van der Waals surface area contributed by atoms with Crippen LogP contribution in [0.4, 0.5) is 0 Å². The van der Waals surface area contributed by atoms with Crippen LogP contribution < -0.4 is 4.74 Å². The number of rotatable bonds is 9. The van der Waals surface area contributed by atoms with Gasteiger partial charge in [0.25, 0.3) is 5.91 Å². The van der Waals surface area contributed by atoms with Gasteiger partial charge < -0.3 is 9.47 Å². The van der Waals surface area contributed by atoms with Gasteiger partial charge in [0.2, 0.25) is 0 Å². The molecule has 2 aromatic carbocycles. The molecule has 1 aliphatic rings. The molecular weight excluding hydrogens is 454 g/mol. The average Bonchev–Trinajstić information content (AvgIpc) is 3.38. The van der Waals surface area contributed by atoms with Gasteiger partial charge in [0.1, 0.15) is 16.7 Å². The smallest absolute Gasteiger partial charge is 0.266 e. The van der Waals surface area contributed by atoms with Gasteiger partial charge in [0.05, 0.1) is 29.4 Å². The molecule has 1 fully saturated rings. The summed E-state index contributed by atoms with van der Waals surface area (Å²) >= 11 is 6.71. The third kappa shape index (κ3) is 5.24. The molecule has 0 N–H and O–H groups in total. The maximum absolute atomic E-state index is 12.9. The van der Waals surface area contributed by atoms with Gasteiger partial charge in [0.15, 0.2) is 0 Å². The molecule has 0 radical (unpaired) electrons. The van der Waals surface area contributed by atoms with E-state index in [1.165, 1.54) is 11.8 Å². The van der Waals surface area contributed by atoms with Gasteiger partial charge >= 0.3 is 0 Å². The summed E-state index contributed by atoms with van der Waals surface area (Å²) in [5.41, 5.74) is 3.43. The molecule has 1 amide bonds. The molecule has 168 valence electrons. The van der Waals surface area contributed by atoms with Crippen molar-refractivity contribution < 1.29 is 14.3 Å². The van der Waals surface area contributed by atoms with E-state index >= 15 is 0 Å². The van der Waals surface area contributed by atoms with Gasteiger partial charge in [-0.15, -0.1) is 0 Å². The van der Waals surface area contributed by atoms with Crippen LogP contribution in [0.5, 0.6) is 5.75 Å². The summed E-state index contributed by atoms with van der Waals surface area (Å²) in [6.07, 6.45) is 5.49. The Kier molecular flexibility index (Phi) is 7.39. The minimum absolute atomic E-state index is 0.117. The molecule has 1 aromatic heterocycles. The molecule has 1 aliphatic heterocycles. The van der Waals surface area contributed by atoms with Crippen LogP contribution in [-0.2, 0) is 9.53 Å². The van der Waals surface area contributed by atoms with Crippen LogP contribution >= 0.6 is 24.0 Å². The minimum Gasteiger partial charge on any atom is -0.490 e. The van der Waals surface area contributed by atoms with Crippen molar-refractivity contribution in [2.75, 3.05) is 26.9 Å². The highest BCUT2D eigenvalue weighted by Gasteiger charge is 2.32. The number of ether oxygens (including phenoxy) is 2. The van der Waals surface area contributed by atoms with Gasteiger partial charge in [-0.3, -0.25) is 9.69 Å². The number of carbonyl (C=O) groups excluding carboxylic acids is 1. The third-order valence-corrected chi connectivity index (χ3v) is 6.32. The zero-order valence-corrected chi connectivity index (χ0v) is 19.8. The highest BCUT2D eigenvalue weighted by atomic mass is 32.2. The first-order valence-corrected chi connectivity index (χ1v) is 11.6. The number of benzene rings is 2. The molecule has 8 heteroatoms. The van der Waals surface area contributed by atoms with Gasteiger partial charge in [-0.1, -0.05) is 54.8 Å². The van der Waals surface area contributed by atoms with Crippen LogP contribution in [0.2, 0.25) is 0 Å². The first kappa shape index (κ1) is 23.0. The molecule has 33 heavy (non-hydrogen) atoms. The Bertz CT molecular complexity index is 1190. The number of aromatic nitrogens is 2. The number of carbonyl (C=O) groups is 1. The molecule has 0 aliphatic carbocycles. The first-order valence-electron chi connectivity index (χ1n) is 10.3. The largest absolute Gasteiger partial charge is 0.490 e. The zero-order valence-electron chi connectivity index (χ0n) is 18.1. The van der Waals surface area contributed by atoms with Gasteiger partial charge in [-0.2, -0.15) is 5.10 Å². The van der Waals surface area contributed by atoms with Crippen molar-refractivity contribution in [3.8, 4) is 22.7 Å². The fourth-order valence-electron chi connectivity index (χ4n) is 3.31. The van der Waals surface area contributed by atoms with Crippen molar-refractivity contribution >= 4 is 40.3 Å². The Labute approximate surface area is 202 Å². The van der Waals surface area contributed by atoms with Crippen molar-refractivity contribution in [1.82, 2.24) is 14.7 Å². The third-order valence-electron chi connectivity index (χ3n) is 4.94. The average molecular weight is 478 g/mol. The summed E-state index contributed by atoms with van der Waals surface area (Å²) in [6, 6.07) is 17.6. The zero-order chi connectivity index (χ0) is 23.2. The fraction of sp³-hybridized carbons (Fsp3) is 0.160. The Balaban J connectivity index is 1.72. The summed E-state index contributed by atoms with van der Waals surface area (Å²) in [5, 5.41) is 4.83. The molecular formula is C25H23N3O3S2. The van der Waals surface area contributed by atoms with Crippen LogP contribution in [0.3, 0.4) is 0 Å². The second-order valence-electron chi connectivity index (χ2n) is 7.16. The van der Waals surface area contributed by atoms with Crippen LogP contribution in [0.15, 0.2) is 78.4 Å². The van der Waals surface area contributed by atoms with Gasteiger partial charge in [-0.05, 0) is 42.5 Å². The van der Waals surface area contributed by atoms with Crippen LogP contribution in [-0.4, -0.2) is 51.8 Å². The maximum Gasteiger partial charge on any atom is 0.266 e. The lowest BCUT2D eigenvalue weighted by Crippen LogP contribution is -2.31. The van der Waals surface area contributed by atoms with Crippen molar-refractivity contribution in [1.29, 1.82) is 0 Å². The lowest BCUT2D eigenvalue weighted by Gasteiger charge is -2.12. The molecule has 3 aromatic rings. The van der Waals surface area contributed by atoms with E-state index in [1.807, 2.05) is 71.6 Å². The van der Waals surface area contributed by atoms with E-state index in [0.717, 1.165) is 28.3 Å². The molecule has 4 rings (SSSR count). The molecule has 0 spiro atoms. The van der Waals surface area contributed by atoms with Crippen LogP contribution in [0, 0.1) is 0 Å². The maximum atomic E-state index is 12.9. The SMILES string of the molecule is C=CCOc1ccc(-c2nn(-c3ccccc3)cc2C=C2SC(=S)N(CCOC)C2=O)cc1. The van der Waals surface area contributed by atoms with Crippen molar-refractivity contribution in [3.05, 3.63) is 83.9 Å². The number of methoxy groups -OCH3 is 1. The second-order valence-corrected chi connectivity index (χ2v) is 8.84. The quantitative estimate of drug-likeness (QED) is 0.247. The second kappa shape index (κ2) is 10.6. The lowest BCUT2D eigenvalue weighted by molar-refractivity contribution is -0.122. The molecule has 6 nitrogen and oxygen atoms in total. The number of thiocarbonyl (C=S) groups is 1. The van der Waals surface area contributed by atoms with E-state index in [-0.39, 0.29) is 5.91 Å². The number of thioether (sulfide) groups is 1. The molecule has 0 saturated carbocycles. The van der Waals surface area contributed by atoms with Crippen molar-refractivity contribution in [3.63, 3.8) is 0 Å². The van der Waals surface area contributed by atoms with E-state index < -0.39 is 0 Å². The number of amides is 1. The molecule has 0 unspecified atom stereocenters. The van der Waals surface area contributed by atoms with E-state index in [1.54, 1.807) is 18.1 Å². The van der Waals surface area contributed by atoms with Crippen molar-refractivity contribution in [2.45, 2.75) is 0 Å². The molecule has 0 atom stereocenters. The standard InChI is InChI=1S/C25H23N3O3S2/c1-3-14-31-21-11-9-18(10-12-21)23-19(17-28(26-23)20-7-5-4-6-8-20)16-22-24(29)27(13-15-30-2)25(32)33-22/h3-12,16-17H,1,13-15H2,2H3. The molecule has 1 saturated heterocycles. The predicted molar refractivity (Wildman–Crippen MR) is 136 cm³/mol. The highest BCUT2D eigenvalue weighted by Crippen LogP contribution is 2.35. The Morgan fingerprint density at radius 1 is 1.15 bits per heavy atom. The normalized spacial score (nSPS) is 14.8. The predicted octanol–water partition coefficient (Wildman–Crippen LogP) is 4.95. The van der Waals surface area contributed by atoms with E-state index in [0.29, 0.717) is 29.0 Å². The van der Waals surface area contributed by atoms with E-state index in [2.05, 4.69) is 6.58 Å². The topological polar surface area (TPSA) is 56.6 Å². The summed E-state index contributed by atoms with van der Waals surface area (Å²) < 4.78 is 13.0. The molecule has 0 bridgehead atoms. The summed E-state index contributed by atoms with van der Waals surface area (Å²) in [5.74, 6) is 0.635. The Hall–Kier alpha value is -3.20. The summed E-state index contributed by atoms with van der Waals surface area (Å²) in [6.45, 7) is 4.97. The summed E-state index contributed by atoms with van der Waals surface area (Å²) in [4.78, 5) is 15.1. The van der Waals surface area contributed by atoms with E-state index in [9.17, 15) is 4.79 Å². The number of hydrogen-bond acceptors (Lipinski definition) is 6. The van der Waals surface area contributed by atoms with Crippen molar-refractivity contribution in [2.24, 2.45) is 0 Å². The Morgan fingerprint density at radius 3 is 2.61 bits per heavy atom. The summed E-state index contributed by atoms with van der Waals surface area (Å²) in [7, 11) is 1.60. The number of nitrogens with zero attached hydrogens (tertiary/aromatic N) is 3.